The lowest BCUT2D eigenvalue weighted by molar-refractivity contribution is -0.122. The number of aryl methyl sites for hydroxylation is 1. The number of nitrogens with one attached hydrogen (secondary N) is 1. The van der Waals surface area contributed by atoms with Crippen molar-refractivity contribution in [2.24, 2.45) is 0 Å². The molecule has 2 atom stereocenters. The Bertz CT molecular complexity index is 619. The van der Waals surface area contributed by atoms with E-state index in [0.717, 1.165) is 42.0 Å². The highest BCUT2D eigenvalue weighted by Crippen LogP contribution is 2.19. The second-order valence-corrected chi connectivity index (χ2v) is 6.30. The Morgan fingerprint density at radius 3 is 3.15 bits per heavy atom. The van der Waals surface area contributed by atoms with Crippen molar-refractivity contribution in [3.05, 3.63) is 23.0 Å². The molecule has 6 heteroatoms. The van der Waals surface area contributed by atoms with E-state index in [2.05, 4.69) is 10.3 Å². The molecule has 1 aliphatic carbocycles. The van der Waals surface area contributed by atoms with Crippen molar-refractivity contribution in [3.8, 4) is 0 Å². The SMILES string of the molecule is Cc1cn2c(CC(=O)N[C@H]3CCCC[C@@H]3O)csc2n1. The van der Waals surface area contributed by atoms with Gasteiger partial charge in [0.2, 0.25) is 5.91 Å². The lowest BCUT2D eigenvalue weighted by Crippen LogP contribution is -2.45. The third kappa shape index (κ3) is 2.71. The Morgan fingerprint density at radius 1 is 1.55 bits per heavy atom. The Hall–Kier alpha value is -1.40. The average Bonchev–Trinajstić information content (AvgIpc) is 2.93. The maximum absolute atomic E-state index is 12.1. The van der Waals surface area contributed by atoms with Crippen LogP contribution in [0, 0.1) is 6.92 Å². The molecule has 2 N–H and O–H groups in total. The first kappa shape index (κ1) is 13.6. The molecular formula is C14H19N3O2S. The number of aliphatic hydroxyl groups excluding tert-OH is 1. The largest absolute Gasteiger partial charge is 0.391 e. The van der Waals surface area contributed by atoms with Crippen LogP contribution in [0.4, 0.5) is 0 Å². The number of imidazole rings is 1. The molecule has 5 nitrogen and oxygen atoms in total. The highest BCUT2D eigenvalue weighted by Gasteiger charge is 2.24. The van der Waals surface area contributed by atoms with E-state index in [4.69, 9.17) is 0 Å². The van der Waals surface area contributed by atoms with Crippen molar-refractivity contribution in [2.75, 3.05) is 0 Å². The van der Waals surface area contributed by atoms with Crippen molar-refractivity contribution in [1.82, 2.24) is 14.7 Å². The van der Waals surface area contributed by atoms with Gasteiger partial charge >= 0.3 is 0 Å². The van der Waals surface area contributed by atoms with E-state index in [1.165, 1.54) is 0 Å². The van der Waals surface area contributed by atoms with Gasteiger partial charge in [0.1, 0.15) is 0 Å². The standard InChI is InChI=1S/C14H19N3O2S/c1-9-7-17-10(8-20-14(17)15-9)6-13(19)16-11-4-2-3-5-12(11)18/h7-8,11-12,18H,2-6H2,1H3,(H,16,19)/t11-,12-/m0/s1. The van der Waals surface area contributed by atoms with Crippen molar-refractivity contribution < 1.29 is 9.90 Å². The number of aliphatic hydroxyl groups is 1. The third-order valence-electron chi connectivity index (χ3n) is 3.82. The molecule has 0 aliphatic heterocycles. The fraction of sp³-hybridized carbons (Fsp3) is 0.571. The average molecular weight is 293 g/mol. The van der Waals surface area contributed by atoms with E-state index < -0.39 is 6.10 Å². The molecule has 2 aromatic heterocycles. The van der Waals surface area contributed by atoms with Gasteiger partial charge in [0, 0.05) is 17.3 Å². The predicted octanol–water partition coefficient (Wildman–Crippen LogP) is 1.67. The van der Waals surface area contributed by atoms with E-state index in [1.54, 1.807) is 11.3 Å². The first-order chi connectivity index (χ1) is 9.63. The van der Waals surface area contributed by atoms with Crippen LogP contribution in [0.2, 0.25) is 0 Å². The molecule has 0 spiro atoms. The number of rotatable bonds is 3. The van der Waals surface area contributed by atoms with Crippen LogP contribution in [-0.4, -0.2) is 32.5 Å². The molecule has 0 saturated heterocycles. The van der Waals surface area contributed by atoms with Gasteiger partial charge in [0.05, 0.1) is 24.3 Å². The lowest BCUT2D eigenvalue weighted by atomic mass is 9.92. The molecule has 1 aliphatic rings. The number of hydrogen-bond donors (Lipinski definition) is 2. The van der Waals surface area contributed by atoms with E-state index in [1.807, 2.05) is 22.9 Å². The minimum Gasteiger partial charge on any atom is -0.391 e. The molecular weight excluding hydrogens is 274 g/mol. The summed E-state index contributed by atoms with van der Waals surface area (Å²) >= 11 is 1.55. The fourth-order valence-corrected chi connectivity index (χ4v) is 3.69. The van der Waals surface area contributed by atoms with Gasteiger partial charge in [-0.1, -0.05) is 12.8 Å². The normalized spacial score (nSPS) is 23.1. The number of hydrogen-bond acceptors (Lipinski definition) is 4. The quantitative estimate of drug-likeness (QED) is 0.904. The third-order valence-corrected chi connectivity index (χ3v) is 4.71. The summed E-state index contributed by atoms with van der Waals surface area (Å²) in [5.41, 5.74) is 1.91. The zero-order valence-corrected chi connectivity index (χ0v) is 12.3. The number of nitrogens with zero attached hydrogens (tertiary/aromatic N) is 2. The zero-order valence-electron chi connectivity index (χ0n) is 11.5. The predicted molar refractivity (Wildman–Crippen MR) is 77.9 cm³/mol. The summed E-state index contributed by atoms with van der Waals surface area (Å²) in [6.45, 7) is 1.95. The molecule has 2 aromatic rings. The van der Waals surface area contributed by atoms with Gasteiger partial charge in [-0.05, 0) is 19.8 Å². The molecule has 1 fully saturated rings. The topological polar surface area (TPSA) is 66.6 Å². The van der Waals surface area contributed by atoms with Crippen molar-refractivity contribution in [2.45, 2.75) is 51.2 Å². The number of fused-ring (bicyclic) bond motifs is 1. The van der Waals surface area contributed by atoms with Crippen molar-refractivity contribution in [1.29, 1.82) is 0 Å². The monoisotopic (exact) mass is 293 g/mol. The highest BCUT2D eigenvalue weighted by atomic mass is 32.1. The number of aromatic nitrogens is 2. The van der Waals surface area contributed by atoms with Crippen LogP contribution in [0.1, 0.15) is 37.1 Å². The van der Waals surface area contributed by atoms with E-state index in [9.17, 15) is 9.90 Å². The summed E-state index contributed by atoms with van der Waals surface area (Å²) in [6, 6.07) is -0.0881. The van der Waals surface area contributed by atoms with Gasteiger partial charge in [0.25, 0.3) is 0 Å². The summed E-state index contributed by atoms with van der Waals surface area (Å²) < 4.78 is 1.97. The van der Waals surface area contributed by atoms with Gasteiger partial charge in [-0.15, -0.1) is 11.3 Å². The second kappa shape index (κ2) is 5.54. The molecule has 1 saturated carbocycles. The Balaban J connectivity index is 1.66. The molecule has 0 aromatic carbocycles. The summed E-state index contributed by atoms with van der Waals surface area (Å²) in [5, 5.41) is 14.8. The highest BCUT2D eigenvalue weighted by molar-refractivity contribution is 7.15. The van der Waals surface area contributed by atoms with Crippen LogP contribution in [0.25, 0.3) is 4.96 Å². The molecule has 2 heterocycles. The molecule has 0 radical (unpaired) electrons. The first-order valence-electron chi connectivity index (χ1n) is 7.03. The summed E-state index contributed by atoms with van der Waals surface area (Å²) in [5.74, 6) is -0.0259. The molecule has 0 bridgehead atoms. The molecule has 1 amide bonds. The van der Waals surface area contributed by atoms with Crippen LogP contribution in [0.3, 0.4) is 0 Å². The van der Waals surface area contributed by atoms with E-state index >= 15 is 0 Å². The number of amides is 1. The van der Waals surface area contributed by atoms with Gasteiger partial charge in [-0.25, -0.2) is 4.98 Å². The van der Waals surface area contributed by atoms with Crippen molar-refractivity contribution >= 4 is 22.2 Å². The van der Waals surface area contributed by atoms with Crippen LogP contribution in [0.15, 0.2) is 11.6 Å². The second-order valence-electron chi connectivity index (χ2n) is 5.46. The van der Waals surface area contributed by atoms with Crippen LogP contribution in [0.5, 0.6) is 0 Å². The number of thiazole rings is 1. The van der Waals surface area contributed by atoms with Gasteiger partial charge in [-0.2, -0.15) is 0 Å². The molecule has 108 valence electrons. The summed E-state index contributed by atoms with van der Waals surface area (Å²) in [4.78, 5) is 17.4. The Morgan fingerprint density at radius 2 is 2.35 bits per heavy atom. The summed E-state index contributed by atoms with van der Waals surface area (Å²) in [6.07, 6.45) is 5.66. The zero-order chi connectivity index (χ0) is 14.1. The van der Waals surface area contributed by atoms with Gasteiger partial charge < -0.3 is 10.4 Å². The van der Waals surface area contributed by atoms with E-state index in [0.29, 0.717) is 6.42 Å². The Labute approximate surface area is 121 Å². The maximum atomic E-state index is 12.1. The number of carbonyl (C=O) groups is 1. The van der Waals surface area contributed by atoms with Crippen LogP contribution >= 0.6 is 11.3 Å². The maximum Gasteiger partial charge on any atom is 0.226 e. The smallest absolute Gasteiger partial charge is 0.226 e. The Kier molecular flexibility index (Phi) is 3.76. The number of carbonyl (C=O) groups excluding carboxylic acids is 1. The van der Waals surface area contributed by atoms with E-state index in [-0.39, 0.29) is 11.9 Å². The lowest BCUT2D eigenvalue weighted by Gasteiger charge is -2.28. The van der Waals surface area contributed by atoms with Crippen molar-refractivity contribution in [3.63, 3.8) is 0 Å². The minimum absolute atomic E-state index is 0.0259. The van der Waals surface area contributed by atoms with Crippen LogP contribution < -0.4 is 5.32 Å². The van der Waals surface area contributed by atoms with Crippen LogP contribution in [-0.2, 0) is 11.2 Å². The fourth-order valence-electron chi connectivity index (χ4n) is 2.77. The van der Waals surface area contributed by atoms with Gasteiger partial charge in [-0.3, -0.25) is 9.20 Å². The first-order valence-corrected chi connectivity index (χ1v) is 7.91. The molecule has 20 heavy (non-hydrogen) atoms. The van der Waals surface area contributed by atoms with Gasteiger partial charge in [0.15, 0.2) is 4.96 Å². The summed E-state index contributed by atoms with van der Waals surface area (Å²) in [7, 11) is 0. The molecule has 3 rings (SSSR count). The minimum atomic E-state index is -0.398. The molecule has 0 unspecified atom stereocenters.